The second-order valence-electron chi connectivity index (χ2n) is 3.13. The lowest BCUT2D eigenvalue weighted by Gasteiger charge is -2.07. The Kier molecular flexibility index (Phi) is 3.87. The molecule has 1 rings (SSSR count). The van der Waals surface area contributed by atoms with Gasteiger partial charge >= 0.3 is 6.18 Å². The molecule has 0 saturated heterocycles. The summed E-state index contributed by atoms with van der Waals surface area (Å²) in [5.74, 6) is -1.16. The van der Waals surface area contributed by atoms with E-state index in [0.29, 0.717) is 0 Å². The first kappa shape index (κ1) is 12.5. The van der Waals surface area contributed by atoms with E-state index in [0.717, 1.165) is 12.1 Å². The molecule has 88 valence electrons. The van der Waals surface area contributed by atoms with Crippen molar-refractivity contribution in [2.45, 2.75) is 12.6 Å². The minimum Gasteiger partial charge on any atom is -0.352 e. The molecule has 0 atom stereocenters. The fourth-order valence-electron chi connectivity index (χ4n) is 1.02. The zero-order valence-corrected chi connectivity index (χ0v) is 8.14. The normalized spacial score (nSPS) is 11.2. The molecule has 0 spiro atoms. The van der Waals surface area contributed by atoms with E-state index in [1.54, 1.807) is 0 Å². The van der Waals surface area contributed by atoms with Gasteiger partial charge in [0.2, 0.25) is 0 Å². The van der Waals surface area contributed by atoms with Crippen LogP contribution in [0.4, 0.5) is 17.6 Å². The molecule has 0 radical (unpaired) electrons. The molecule has 0 aliphatic heterocycles. The Morgan fingerprint density at radius 2 is 1.75 bits per heavy atom. The Labute approximate surface area is 89.3 Å². The van der Waals surface area contributed by atoms with E-state index in [-0.39, 0.29) is 5.56 Å². The van der Waals surface area contributed by atoms with Crippen molar-refractivity contribution in [1.82, 2.24) is 5.32 Å². The Hall–Kier alpha value is -1.59. The molecule has 1 N–H and O–H groups in total. The van der Waals surface area contributed by atoms with Crippen LogP contribution in [0, 0.1) is 5.82 Å². The van der Waals surface area contributed by atoms with Crippen molar-refractivity contribution >= 4 is 5.91 Å². The average molecular weight is 235 g/mol. The third-order valence-corrected chi connectivity index (χ3v) is 1.80. The van der Waals surface area contributed by atoms with Crippen LogP contribution >= 0.6 is 0 Å². The number of nitrogens with one attached hydrogen (secondary N) is 1. The number of halogens is 4. The van der Waals surface area contributed by atoms with E-state index in [1.165, 1.54) is 12.1 Å². The molecule has 2 nitrogen and oxygen atoms in total. The SMILES string of the molecule is O=C(NCCC(F)(F)F)c1ccc(F)cc1. The molecule has 0 saturated carbocycles. The summed E-state index contributed by atoms with van der Waals surface area (Å²) in [5.41, 5.74) is 0.128. The van der Waals surface area contributed by atoms with Crippen LogP contribution < -0.4 is 5.32 Å². The van der Waals surface area contributed by atoms with Crippen molar-refractivity contribution in [3.05, 3.63) is 35.6 Å². The molecule has 0 bridgehead atoms. The van der Waals surface area contributed by atoms with Crippen molar-refractivity contribution in [3.8, 4) is 0 Å². The van der Waals surface area contributed by atoms with Crippen LogP contribution in [0.5, 0.6) is 0 Å². The molecule has 0 aliphatic carbocycles. The molecule has 1 aromatic carbocycles. The molecule has 0 aromatic heterocycles. The topological polar surface area (TPSA) is 29.1 Å². The standard InChI is InChI=1S/C10H9F4NO/c11-8-3-1-7(2-4-8)9(16)15-6-5-10(12,13)14/h1-4H,5-6H2,(H,15,16). The summed E-state index contributed by atoms with van der Waals surface area (Å²) in [6.45, 7) is -0.486. The minimum absolute atomic E-state index is 0.128. The first-order valence-electron chi connectivity index (χ1n) is 4.49. The van der Waals surface area contributed by atoms with Crippen LogP contribution in [-0.2, 0) is 0 Å². The van der Waals surface area contributed by atoms with Gasteiger partial charge in [0.1, 0.15) is 5.82 Å². The predicted octanol–water partition coefficient (Wildman–Crippen LogP) is 2.51. The maximum Gasteiger partial charge on any atom is 0.390 e. The smallest absolute Gasteiger partial charge is 0.352 e. The van der Waals surface area contributed by atoms with Crippen LogP contribution in [0.15, 0.2) is 24.3 Å². The highest BCUT2D eigenvalue weighted by Gasteiger charge is 2.26. The van der Waals surface area contributed by atoms with Crippen molar-refractivity contribution in [2.75, 3.05) is 6.54 Å². The Balaban J connectivity index is 2.44. The number of carbonyl (C=O) groups is 1. The summed E-state index contributed by atoms with van der Waals surface area (Å²) in [6.07, 6.45) is -5.38. The summed E-state index contributed by atoms with van der Waals surface area (Å²) in [4.78, 5) is 11.2. The highest BCUT2D eigenvalue weighted by Crippen LogP contribution is 2.18. The predicted molar refractivity (Wildman–Crippen MR) is 49.4 cm³/mol. The number of amides is 1. The lowest BCUT2D eigenvalue weighted by Crippen LogP contribution is -2.27. The van der Waals surface area contributed by atoms with Gasteiger partial charge in [-0.1, -0.05) is 0 Å². The van der Waals surface area contributed by atoms with E-state index in [2.05, 4.69) is 5.32 Å². The largest absolute Gasteiger partial charge is 0.390 e. The van der Waals surface area contributed by atoms with E-state index < -0.39 is 30.9 Å². The van der Waals surface area contributed by atoms with Gasteiger partial charge in [0.25, 0.3) is 5.91 Å². The van der Waals surface area contributed by atoms with E-state index in [1.807, 2.05) is 0 Å². The quantitative estimate of drug-likeness (QED) is 0.801. The highest BCUT2D eigenvalue weighted by atomic mass is 19.4. The van der Waals surface area contributed by atoms with Gasteiger partial charge in [-0.2, -0.15) is 13.2 Å². The first-order chi connectivity index (χ1) is 7.38. The van der Waals surface area contributed by atoms with E-state index >= 15 is 0 Å². The van der Waals surface area contributed by atoms with Gasteiger partial charge in [0, 0.05) is 12.1 Å². The number of rotatable bonds is 3. The molecular weight excluding hydrogens is 226 g/mol. The number of carbonyl (C=O) groups excluding carboxylic acids is 1. The molecule has 0 fully saturated rings. The summed E-state index contributed by atoms with van der Waals surface area (Å²) in [5, 5.41) is 2.09. The van der Waals surface area contributed by atoms with Crippen LogP contribution in [0.3, 0.4) is 0 Å². The van der Waals surface area contributed by atoms with Gasteiger partial charge in [-0.25, -0.2) is 4.39 Å². The number of hydrogen-bond donors (Lipinski definition) is 1. The second-order valence-corrected chi connectivity index (χ2v) is 3.13. The van der Waals surface area contributed by atoms with Gasteiger partial charge in [0.15, 0.2) is 0 Å². The summed E-state index contributed by atoms with van der Waals surface area (Å²) in [7, 11) is 0. The number of alkyl halides is 3. The maximum atomic E-state index is 12.5. The third-order valence-electron chi connectivity index (χ3n) is 1.80. The Morgan fingerprint density at radius 1 is 1.19 bits per heavy atom. The van der Waals surface area contributed by atoms with Gasteiger partial charge in [-0.3, -0.25) is 4.79 Å². The van der Waals surface area contributed by atoms with Crippen molar-refractivity contribution in [2.24, 2.45) is 0 Å². The lowest BCUT2D eigenvalue weighted by molar-refractivity contribution is -0.132. The molecule has 16 heavy (non-hydrogen) atoms. The monoisotopic (exact) mass is 235 g/mol. The van der Waals surface area contributed by atoms with Crippen molar-refractivity contribution in [3.63, 3.8) is 0 Å². The summed E-state index contributed by atoms with van der Waals surface area (Å²) in [6, 6.07) is 4.55. The molecule has 6 heteroatoms. The van der Waals surface area contributed by atoms with Crippen LogP contribution in [0.25, 0.3) is 0 Å². The molecule has 0 heterocycles. The van der Waals surface area contributed by atoms with Crippen molar-refractivity contribution in [1.29, 1.82) is 0 Å². The molecule has 0 aliphatic rings. The summed E-state index contributed by atoms with van der Waals surface area (Å²) >= 11 is 0. The van der Waals surface area contributed by atoms with Crippen LogP contribution in [0.2, 0.25) is 0 Å². The zero-order valence-electron chi connectivity index (χ0n) is 8.14. The zero-order chi connectivity index (χ0) is 12.2. The minimum atomic E-state index is -4.30. The molecule has 1 aromatic rings. The maximum absolute atomic E-state index is 12.5. The fraction of sp³-hybridized carbons (Fsp3) is 0.300. The Morgan fingerprint density at radius 3 is 2.25 bits per heavy atom. The Bertz CT molecular complexity index is 358. The van der Waals surface area contributed by atoms with E-state index in [4.69, 9.17) is 0 Å². The third kappa shape index (κ3) is 4.29. The van der Waals surface area contributed by atoms with Crippen LogP contribution in [0.1, 0.15) is 16.8 Å². The first-order valence-corrected chi connectivity index (χ1v) is 4.49. The lowest BCUT2D eigenvalue weighted by atomic mass is 10.2. The van der Waals surface area contributed by atoms with Gasteiger partial charge in [-0.05, 0) is 24.3 Å². The van der Waals surface area contributed by atoms with Crippen molar-refractivity contribution < 1.29 is 22.4 Å². The number of benzene rings is 1. The second kappa shape index (κ2) is 4.96. The molecule has 0 unspecified atom stereocenters. The van der Waals surface area contributed by atoms with Gasteiger partial charge in [-0.15, -0.1) is 0 Å². The van der Waals surface area contributed by atoms with E-state index in [9.17, 15) is 22.4 Å². The van der Waals surface area contributed by atoms with Gasteiger partial charge < -0.3 is 5.32 Å². The van der Waals surface area contributed by atoms with Crippen LogP contribution in [-0.4, -0.2) is 18.6 Å². The average Bonchev–Trinajstić information content (AvgIpc) is 2.16. The molecular formula is C10H9F4NO. The fourth-order valence-corrected chi connectivity index (χ4v) is 1.02. The number of hydrogen-bond acceptors (Lipinski definition) is 1. The highest BCUT2D eigenvalue weighted by molar-refractivity contribution is 5.94. The molecule has 1 amide bonds. The van der Waals surface area contributed by atoms with Gasteiger partial charge in [0.05, 0.1) is 6.42 Å². The summed E-state index contributed by atoms with van der Waals surface area (Å²) < 4.78 is 47.8.